The molecule has 1 N–H and O–H groups in total. The number of hydrogen-bond donors (Lipinski definition) is 1. The van der Waals surface area contributed by atoms with Crippen LogP contribution in [0.15, 0.2) is 12.1 Å². The number of nitrogens with zero attached hydrogens (tertiary/aromatic N) is 1. The molecule has 116 valence electrons. The van der Waals surface area contributed by atoms with Gasteiger partial charge in [-0.1, -0.05) is 27.2 Å². The Morgan fingerprint density at radius 2 is 1.85 bits per heavy atom. The third kappa shape index (κ3) is 6.87. The first-order chi connectivity index (χ1) is 9.34. The summed E-state index contributed by atoms with van der Waals surface area (Å²) in [5, 5.41) is 3.56. The van der Waals surface area contributed by atoms with E-state index in [-0.39, 0.29) is 5.54 Å². The van der Waals surface area contributed by atoms with Gasteiger partial charge in [-0.15, -0.1) is 11.3 Å². The first-order valence-corrected chi connectivity index (χ1v) is 8.70. The lowest BCUT2D eigenvalue weighted by molar-refractivity contribution is 0.240. The average Bonchev–Trinajstić information content (AvgIpc) is 2.82. The van der Waals surface area contributed by atoms with Crippen molar-refractivity contribution in [3.05, 3.63) is 21.9 Å². The summed E-state index contributed by atoms with van der Waals surface area (Å²) in [7, 11) is 0. The smallest absolute Gasteiger partial charge is 0.0328 e. The van der Waals surface area contributed by atoms with Crippen molar-refractivity contribution in [1.82, 2.24) is 10.2 Å². The van der Waals surface area contributed by atoms with Gasteiger partial charge in [0, 0.05) is 34.9 Å². The van der Waals surface area contributed by atoms with Crippen molar-refractivity contribution < 1.29 is 0 Å². The molecule has 0 fully saturated rings. The van der Waals surface area contributed by atoms with Crippen molar-refractivity contribution in [2.24, 2.45) is 5.92 Å². The van der Waals surface area contributed by atoms with Crippen LogP contribution >= 0.6 is 11.3 Å². The highest BCUT2D eigenvalue weighted by Gasteiger charge is 2.11. The molecule has 0 aliphatic heterocycles. The van der Waals surface area contributed by atoms with Crippen LogP contribution in [0.2, 0.25) is 0 Å². The maximum atomic E-state index is 3.56. The van der Waals surface area contributed by atoms with E-state index in [4.69, 9.17) is 0 Å². The lowest BCUT2D eigenvalue weighted by atomic mass is 10.1. The average molecular weight is 297 g/mol. The van der Waals surface area contributed by atoms with E-state index < -0.39 is 0 Å². The molecule has 0 saturated carbocycles. The van der Waals surface area contributed by atoms with Crippen LogP contribution in [-0.2, 0) is 13.1 Å². The van der Waals surface area contributed by atoms with Crippen LogP contribution in [0.4, 0.5) is 0 Å². The van der Waals surface area contributed by atoms with E-state index in [0.29, 0.717) is 0 Å². The van der Waals surface area contributed by atoms with Crippen LogP contribution in [0, 0.1) is 5.92 Å². The highest BCUT2D eigenvalue weighted by molar-refractivity contribution is 7.11. The van der Waals surface area contributed by atoms with Crippen molar-refractivity contribution in [2.45, 2.75) is 66.6 Å². The Hall–Kier alpha value is -0.380. The summed E-state index contributed by atoms with van der Waals surface area (Å²) in [5.74, 6) is 0.789. The topological polar surface area (TPSA) is 15.3 Å². The van der Waals surface area contributed by atoms with Crippen molar-refractivity contribution >= 4 is 11.3 Å². The van der Waals surface area contributed by atoms with Gasteiger partial charge >= 0.3 is 0 Å². The van der Waals surface area contributed by atoms with Crippen LogP contribution in [0.5, 0.6) is 0 Å². The normalized spacial score (nSPS) is 13.9. The second kappa shape index (κ2) is 8.16. The summed E-state index contributed by atoms with van der Waals surface area (Å²) in [6.45, 7) is 17.9. The molecule has 2 nitrogen and oxygen atoms in total. The van der Waals surface area contributed by atoms with Crippen LogP contribution < -0.4 is 5.32 Å². The fraction of sp³-hybridized carbons (Fsp3) is 0.765. The molecule has 1 aromatic rings. The summed E-state index contributed by atoms with van der Waals surface area (Å²) >= 11 is 1.95. The van der Waals surface area contributed by atoms with Gasteiger partial charge in [-0.2, -0.15) is 0 Å². The minimum absolute atomic E-state index is 0.191. The van der Waals surface area contributed by atoms with Gasteiger partial charge in [-0.25, -0.2) is 0 Å². The minimum atomic E-state index is 0.191. The van der Waals surface area contributed by atoms with Crippen molar-refractivity contribution in [3.63, 3.8) is 0 Å². The van der Waals surface area contributed by atoms with E-state index in [1.807, 2.05) is 11.3 Å². The maximum Gasteiger partial charge on any atom is 0.0328 e. The highest BCUT2D eigenvalue weighted by atomic mass is 32.1. The van der Waals surface area contributed by atoms with Gasteiger partial charge in [0.2, 0.25) is 0 Å². The molecule has 20 heavy (non-hydrogen) atoms. The first-order valence-electron chi connectivity index (χ1n) is 7.89. The quantitative estimate of drug-likeness (QED) is 0.759. The van der Waals surface area contributed by atoms with Gasteiger partial charge in [0.15, 0.2) is 0 Å². The zero-order chi connectivity index (χ0) is 15.2. The molecule has 0 bridgehead atoms. The summed E-state index contributed by atoms with van der Waals surface area (Å²) in [6, 6.07) is 4.57. The molecule has 0 radical (unpaired) electrons. The molecule has 1 rings (SSSR count). The van der Waals surface area contributed by atoms with E-state index in [0.717, 1.165) is 25.6 Å². The molecule has 3 heteroatoms. The van der Waals surface area contributed by atoms with Gasteiger partial charge in [0.05, 0.1) is 0 Å². The minimum Gasteiger partial charge on any atom is -0.307 e. The van der Waals surface area contributed by atoms with Gasteiger partial charge in [0.1, 0.15) is 0 Å². The molecule has 0 aliphatic rings. The van der Waals surface area contributed by atoms with Gasteiger partial charge in [0.25, 0.3) is 0 Å². The number of hydrogen-bond acceptors (Lipinski definition) is 3. The van der Waals surface area contributed by atoms with Crippen molar-refractivity contribution in [1.29, 1.82) is 0 Å². The molecule has 0 aliphatic carbocycles. The molecular weight excluding hydrogens is 264 g/mol. The largest absolute Gasteiger partial charge is 0.307 e. The Kier molecular flexibility index (Phi) is 7.21. The molecule has 1 unspecified atom stereocenters. The fourth-order valence-electron chi connectivity index (χ4n) is 2.05. The Labute approximate surface area is 129 Å². The molecule has 0 amide bonds. The Balaban J connectivity index is 2.49. The van der Waals surface area contributed by atoms with E-state index in [1.54, 1.807) is 0 Å². The molecule has 1 heterocycles. The number of rotatable bonds is 8. The monoisotopic (exact) mass is 296 g/mol. The number of thiophene rings is 1. The SMILES string of the molecule is CCC(C)CN(CC)Cc1ccc(CNC(C)(C)C)s1. The predicted molar refractivity (Wildman–Crippen MR) is 91.3 cm³/mol. The van der Waals surface area contributed by atoms with Gasteiger partial charge in [-0.3, -0.25) is 4.90 Å². The van der Waals surface area contributed by atoms with Crippen LogP contribution in [0.3, 0.4) is 0 Å². The molecule has 0 saturated heterocycles. The lowest BCUT2D eigenvalue weighted by Crippen LogP contribution is -2.34. The molecule has 1 aromatic heterocycles. The predicted octanol–water partition coefficient (Wildman–Crippen LogP) is 4.50. The summed E-state index contributed by atoms with van der Waals surface area (Å²) < 4.78 is 0. The van der Waals surface area contributed by atoms with Crippen molar-refractivity contribution in [2.75, 3.05) is 13.1 Å². The van der Waals surface area contributed by atoms with Crippen molar-refractivity contribution in [3.8, 4) is 0 Å². The van der Waals surface area contributed by atoms with Gasteiger partial charge in [-0.05, 0) is 45.4 Å². The zero-order valence-electron chi connectivity index (χ0n) is 14.1. The third-order valence-corrected chi connectivity index (χ3v) is 4.67. The lowest BCUT2D eigenvalue weighted by Gasteiger charge is -2.23. The summed E-state index contributed by atoms with van der Waals surface area (Å²) in [6.07, 6.45) is 1.27. The maximum absolute atomic E-state index is 3.56. The van der Waals surface area contributed by atoms with E-state index >= 15 is 0 Å². The number of nitrogens with one attached hydrogen (secondary N) is 1. The van der Waals surface area contributed by atoms with Gasteiger partial charge < -0.3 is 5.32 Å². The molecule has 1 atom stereocenters. The zero-order valence-corrected chi connectivity index (χ0v) is 14.9. The fourth-order valence-corrected chi connectivity index (χ4v) is 3.05. The van der Waals surface area contributed by atoms with E-state index in [1.165, 1.54) is 22.7 Å². The second-order valence-corrected chi connectivity index (χ2v) is 8.07. The molecule has 0 aromatic carbocycles. The summed E-state index contributed by atoms with van der Waals surface area (Å²) in [4.78, 5) is 5.48. The standard InChI is InChI=1S/C17H32N2S/c1-7-14(3)12-19(8-2)13-16-10-9-15(20-16)11-18-17(4,5)6/h9-10,14,18H,7-8,11-13H2,1-6H3. The third-order valence-electron chi connectivity index (χ3n) is 3.60. The Morgan fingerprint density at radius 3 is 2.40 bits per heavy atom. The molecule has 0 spiro atoms. The van der Waals surface area contributed by atoms with Crippen LogP contribution in [0.1, 0.15) is 57.7 Å². The van der Waals surface area contributed by atoms with Crippen LogP contribution in [0.25, 0.3) is 0 Å². The van der Waals surface area contributed by atoms with E-state index in [2.05, 4.69) is 63.9 Å². The Bertz CT molecular complexity index is 379. The van der Waals surface area contributed by atoms with E-state index in [9.17, 15) is 0 Å². The highest BCUT2D eigenvalue weighted by Crippen LogP contribution is 2.20. The van der Waals surface area contributed by atoms with Crippen LogP contribution in [-0.4, -0.2) is 23.5 Å². The summed E-state index contributed by atoms with van der Waals surface area (Å²) in [5.41, 5.74) is 0.191. The molecular formula is C17H32N2S. The second-order valence-electron chi connectivity index (χ2n) is 6.81. The Morgan fingerprint density at radius 1 is 1.20 bits per heavy atom. The first kappa shape index (κ1) is 17.7.